The van der Waals surface area contributed by atoms with Gasteiger partial charge in [-0.2, -0.15) is 0 Å². The van der Waals surface area contributed by atoms with E-state index in [4.69, 9.17) is 10.6 Å². The summed E-state index contributed by atoms with van der Waals surface area (Å²) in [5.74, 6) is 6.33. The summed E-state index contributed by atoms with van der Waals surface area (Å²) in [5.41, 5.74) is 5.25. The number of para-hydroxylation sites is 1. The minimum Gasteiger partial charge on any atom is -0.381 e. The normalized spacial score (nSPS) is 18.6. The monoisotopic (exact) mass is 257 g/mol. The van der Waals surface area contributed by atoms with Gasteiger partial charge in [-0.3, -0.25) is 16.3 Å². The largest absolute Gasteiger partial charge is 0.381 e. The van der Waals surface area contributed by atoms with Gasteiger partial charge in [-0.15, -0.1) is 0 Å². The highest BCUT2D eigenvalue weighted by Crippen LogP contribution is 2.32. The van der Waals surface area contributed by atoms with Gasteiger partial charge in [-0.05, 0) is 36.5 Å². The summed E-state index contributed by atoms with van der Waals surface area (Å²) < 4.78 is 5.44. The molecule has 100 valence electrons. The molecule has 1 aliphatic heterocycles. The minimum atomic E-state index is 0.164. The maximum atomic E-state index is 5.82. The number of nitrogens with one attached hydrogen (secondary N) is 1. The highest BCUT2D eigenvalue weighted by atomic mass is 16.5. The van der Waals surface area contributed by atoms with Crippen LogP contribution in [0.3, 0.4) is 0 Å². The van der Waals surface area contributed by atoms with Gasteiger partial charge >= 0.3 is 0 Å². The molecular formula is C15H19N3O. The average Bonchev–Trinajstić information content (AvgIpc) is 2.49. The number of ether oxygens (including phenoxy) is 1. The van der Waals surface area contributed by atoms with Crippen molar-refractivity contribution in [1.29, 1.82) is 0 Å². The Morgan fingerprint density at radius 1 is 1.21 bits per heavy atom. The van der Waals surface area contributed by atoms with Crippen molar-refractivity contribution < 1.29 is 4.74 Å². The molecule has 1 unspecified atom stereocenters. The first-order chi connectivity index (χ1) is 9.40. The molecule has 0 radical (unpaired) electrons. The Morgan fingerprint density at radius 3 is 2.79 bits per heavy atom. The van der Waals surface area contributed by atoms with Crippen LogP contribution in [-0.2, 0) is 4.74 Å². The first kappa shape index (κ1) is 12.5. The summed E-state index contributed by atoms with van der Waals surface area (Å²) in [7, 11) is 0. The second-order valence-electron chi connectivity index (χ2n) is 5.01. The molecule has 1 atom stereocenters. The van der Waals surface area contributed by atoms with E-state index in [0.717, 1.165) is 31.6 Å². The zero-order chi connectivity index (χ0) is 13.1. The van der Waals surface area contributed by atoms with Gasteiger partial charge in [0.05, 0.1) is 5.52 Å². The van der Waals surface area contributed by atoms with Crippen LogP contribution in [0.15, 0.2) is 36.5 Å². The van der Waals surface area contributed by atoms with E-state index in [9.17, 15) is 0 Å². The van der Waals surface area contributed by atoms with Gasteiger partial charge in [-0.25, -0.2) is 0 Å². The van der Waals surface area contributed by atoms with Crippen LogP contribution in [0.4, 0.5) is 0 Å². The quantitative estimate of drug-likeness (QED) is 0.653. The fourth-order valence-electron chi connectivity index (χ4n) is 2.92. The number of hydrogen-bond donors (Lipinski definition) is 2. The van der Waals surface area contributed by atoms with Crippen molar-refractivity contribution in [2.45, 2.75) is 18.9 Å². The van der Waals surface area contributed by atoms with Crippen LogP contribution in [-0.4, -0.2) is 18.2 Å². The van der Waals surface area contributed by atoms with Crippen LogP contribution in [0.25, 0.3) is 10.9 Å². The molecule has 2 heterocycles. The molecule has 1 saturated heterocycles. The van der Waals surface area contributed by atoms with Crippen molar-refractivity contribution in [3.8, 4) is 0 Å². The lowest BCUT2D eigenvalue weighted by Gasteiger charge is -2.30. The zero-order valence-electron chi connectivity index (χ0n) is 10.9. The second-order valence-corrected chi connectivity index (χ2v) is 5.01. The van der Waals surface area contributed by atoms with Crippen LogP contribution in [0.1, 0.15) is 24.4 Å². The Hall–Kier alpha value is -1.49. The first-order valence-electron chi connectivity index (χ1n) is 6.77. The third-order valence-electron chi connectivity index (χ3n) is 3.93. The predicted molar refractivity (Wildman–Crippen MR) is 75.4 cm³/mol. The fourth-order valence-corrected chi connectivity index (χ4v) is 2.92. The average molecular weight is 257 g/mol. The van der Waals surface area contributed by atoms with Gasteiger partial charge in [0.1, 0.15) is 0 Å². The van der Waals surface area contributed by atoms with Crippen molar-refractivity contribution in [3.63, 3.8) is 0 Å². The van der Waals surface area contributed by atoms with Crippen molar-refractivity contribution in [3.05, 3.63) is 42.1 Å². The summed E-state index contributed by atoms with van der Waals surface area (Å²) in [4.78, 5) is 4.41. The number of pyridine rings is 1. The lowest BCUT2D eigenvalue weighted by molar-refractivity contribution is 0.0538. The zero-order valence-corrected chi connectivity index (χ0v) is 10.9. The van der Waals surface area contributed by atoms with Crippen molar-refractivity contribution in [1.82, 2.24) is 10.4 Å². The molecule has 2 aromatic rings. The number of fused-ring (bicyclic) bond motifs is 1. The Bertz CT molecular complexity index is 547. The minimum absolute atomic E-state index is 0.164. The van der Waals surface area contributed by atoms with E-state index in [1.807, 2.05) is 24.4 Å². The lowest BCUT2D eigenvalue weighted by Crippen LogP contribution is -2.36. The fraction of sp³-hybridized carbons (Fsp3) is 0.400. The van der Waals surface area contributed by atoms with Crippen LogP contribution in [0.5, 0.6) is 0 Å². The van der Waals surface area contributed by atoms with Crippen LogP contribution in [0, 0.1) is 5.92 Å². The Kier molecular flexibility index (Phi) is 3.73. The van der Waals surface area contributed by atoms with Crippen LogP contribution in [0.2, 0.25) is 0 Å². The number of benzene rings is 1. The van der Waals surface area contributed by atoms with E-state index in [0.29, 0.717) is 5.92 Å². The Balaban J connectivity index is 2.00. The van der Waals surface area contributed by atoms with E-state index in [1.165, 1.54) is 10.9 Å². The molecule has 4 nitrogen and oxygen atoms in total. The molecule has 1 aliphatic rings. The third-order valence-corrected chi connectivity index (χ3v) is 3.93. The van der Waals surface area contributed by atoms with Gasteiger partial charge in [0.25, 0.3) is 0 Å². The summed E-state index contributed by atoms with van der Waals surface area (Å²) in [5, 5.41) is 1.18. The molecule has 0 saturated carbocycles. The van der Waals surface area contributed by atoms with Crippen LogP contribution < -0.4 is 11.3 Å². The van der Waals surface area contributed by atoms with Gasteiger partial charge in [-0.1, -0.05) is 18.2 Å². The molecule has 0 aliphatic carbocycles. The molecule has 0 spiro atoms. The molecule has 3 N–H and O–H groups in total. The molecule has 4 heteroatoms. The summed E-state index contributed by atoms with van der Waals surface area (Å²) in [6.07, 6.45) is 3.96. The molecule has 1 aromatic carbocycles. The molecule has 0 bridgehead atoms. The molecule has 1 aromatic heterocycles. The van der Waals surface area contributed by atoms with Gasteiger partial charge in [0.2, 0.25) is 0 Å². The van der Waals surface area contributed by atoms with Crippen molar-refractivity contribution in [2.75, 3.05) is 13.2 Å². The Morgan fingerprint density at radius 2 is 2.00 bits per heavy atom. The highest BCUT2D eigenvalue weighted by Gasteiger charge is 2.25. The third kappa shape index (κ3) is 2.47. The summed E-state index contributed by atoms with van der Waals surface area (Å²) in [6.45, 7) is 1.65. The predicted octanol–water partition coefficient (Wildman–Crippen LogP) is 2.17. The van der Waals surface area contributed by atoms with Gasteiger partial charge in [0.15, 0.2) is 0 Å². The van der Waals surface area contributed by atoms with E-state index < -0.39 is 0 Å². The molecular weight excluding hydrogens is 238 g/mol. The standard InChI is InChI=1S/C15H19N3O/c16-18-15(11-6-9-19-10-7-11)13-5-8-17-14-4-2-1-3-12(13)14/h1-5,8,11,15,18H,6-7,9-10,16H2. The number of hydrazine groups is 1. The number of rotatable bonds is 3. The van der Waals surface area contributed by atoms with E-state index in [-0.39, 0.29) is 6.04 Å². The molecule has 19 heavy (non-hydrogen) atoms. The lowest BCUT2D eigenvalue weighted by atomic mass is 9.86. The van der Waals surface area contributed by atoms with Gasteiger partial charge < -0.3 is 4.74 Å². The number of hydrogen-bond acceptors (Lipinski definition) is 4. The smallest absolute Gasteiger partial charge is 0.0705 e. The Labute approximate surface area is 112 Å². The van der Waals surface area contributed by atoms with E-state index >= 15 is 0 Å². The van der Waals surface area contributed by atoms with E-state index in [2.05, 4.69) is 22.5 Å². The summed E-state index contributed by atoms with van der Waals surface area (Å²) >= 11 is 0. The molecule has 1 fully saturated rings. The second kappa shape index (κ2) is 5.65. The van der Waals surface area contributed by atoms with Gasteiger partial charge in [0, 0.05) is 30.8 Å². The van der Waals surface area contributed by atoms with Crippen molar-refractivity contribution >= 4 is 10.9 Å². The maximum Gasteiger partial charge on any atom is 0.0705 e. The van der Waals surface area contributed by atoms with Crippen molar-refractivity contribution in [2.24, 2.45) is 11.8 Å². The molecule has 3 rings (SSSR count). The number of nitrogens with zero attached hydrogens (tertiary/aromatic N) is 1. The number of aromatic nitrogens is 1. The first-order valence-corrected chi connectivity index (χ1v) is 6.77. The number of nitrogens with two attached hydrogens (primary N) is 1. The van der Waals surface area contributed by atoms with Crippen LogP contribution >= 0.6 is 0 Å². The summed E-state index contributed by atoms with van der Waals surface area (Å²) in [6, 6.07) is 10.4. The highest BCUT2D eigenvalue weighted by molar-refractivity contribution is 5.82. The van der Waals surface area contributed by atoms with E-state index in [1.54, 1.807) is 0 Å². The SMILES string of the molecule is NNC(c1ccnc2ccccc12)C1CCOCC1. The maximum absolute atomic E-state index is 5.82. The topological polar surface area (TPSA) is 60.2 Å². The molecule has 0 amide bonds.